The van der Waals surface area contributed by atoms with E-state index in [1.807, 2.05) is 6.07 Å². The van der Waals surface area contributed by atoms with Gasteiger partial charge < -0.3 is 20.8 Å². The molecule has 0 saturated heterocycles. The molecule has 1 aromatic heterocycles. The minimum absolute atomic E-state index is 0.00129. The molecule has 1 aromatic carbocycles. The van der Waals surface area contributed by atoms with E-state index in [0.717, 1.165) is 5.56 Å². The van der Waals surface area contributed by atoms with Crippen molar-refractivity contribution in [2.45, 2.75) is 19.1 Å². The summed E-state index contributed by atoms with van der Waals surface area (Å²) in [6, 6.07) is 8.12. The van der Waals surface area contributed by atoms with Crippen LogP contribution in [0.4, 0.5) is 0 Å². The van der Waals surface area contributed by atoms with Gasteiger partial charge in [-0.25, -0.2) is 9.78 Å². The summed E-state index contributed by atoms with van der Waals surface area (Å²) in [5.74, 6) is -2.37. The fraction of sp³-hybridized carbons (Fsp3) is 0.250. The molecule has 0 aliphatic carbocycles. The number of aromatic nitrogens is 2. The Bertz CT molecular complexity index is 685. The first-order chi connectivity index (χ1) is 11.6. The summed E-state index contributed by atoms with van der Waals surface area (Å²) in [4.78, 5) is 41.7. The number of hydrogen-bond donors (Lipinski definition) is 3. The van der Waals surface area contributed by atoms with Gasteiger partial charge in [-0.2, -0.15) is 0 Å². The number of hydrogen-bond acceptors (Lipinski definition) is 6. The second-order valence-corrected chi connectivity index (χ2v) is 5.09. The lowest BCUT2D eigenvalue weighted by Crippen LogP contribution is -2.45. The van der Waals surface area contributed by atoms with Gasteiger partial charge in [-0.15, -0.1) is 0 Å². The van der Waals surface area contributed by atoms with Crippen LogP contribution < -0.4 is 11.1 Å². The number of rotatable bonds is 8. The summed E-state index contributed by atoms with van der Waals surface area (Å²) in [7, 11) is 0. The number of amides is 1. The largest absolute Gasteiger partial charge is 0.455 e. The zero-order valence-corrected chi connectivity index (χ0v) is 12.9. The number of Topliss-reactive ketones (excluding diaryl/α,β-unsaturated/α-hetero) is 1. The van der Waals surface area contributed by atoms with Crippen LogP contribution in [-0.4, -0.2) is 40.2 Å². The molecule has 2 rings (SSSR count). The number of nitrogens with two attached hydrogens (primary N) is 1. The maximum absolute atomic E-state index is 11.8. The van der Waals surface area contributed by atoms with Gasteiger partial charge in [0.25, 0.3) is 5.78 Å². The van der Waals surface area contributed by atoms with Crippen molar-refractivity contribution in [3.63, 3.8) is 0 Å². The zero-order chi connectivity index (χ0) is 17.4. The molecule has 126 valence electrons. The number of nitrogens with one attached hydrogen (secondary N) is 2. The molecule has 8 heteroatoms. The van der Waals surface area contributed by atoms with Crippen molar-refractivity contribution in [1.82, 2.24) is 15.3 Å². The highest BCUT2D eigenvalue weighted by molar-refractivity contribution is 6.34. The number of carbonyl (C=O) groups excluding carboxylic acids is 3. The lowest BCUT2D eigenvalue weighted by molar-refractivity contribution is -0.154. The number of benzene rings is 1. The van der Waals surface area contributed by atoms with Gasteiger partial charge in [0, 0.05) is 18.3 Å². The Labute approximate surface area is 138 Å². The molecule has 2 aromatic rings. The monoisotopic (exact) mass is 330 g/mol. The van der Waals surface area contributed by atoms with E-state index in [1.165, 1.54) is 6.33 Å². The quantitative estimate of drug-likeness (QED) is 0.451. The van der Waals surface area contributed by atoms with Crippen LogP contribution in [0.1, 0.15) is 11.3 Å². The number of carbonyl (C=O) groups is 3. The maximum Gasteiger partial charge on any atom is 0.376 e. The third kappa shape index (κ3) is 5.33. The number of H-pyrrole nitrogens is 1. The van der Waals surface area contributed by atoms with E-state index in [4.69, 9.17) is 10.5 Å². The fourth-order valence-electron chi connectivity index (χ4n) is 1.90. The van der Waals surface area contributed by atoms with Crippen LogP contribution in [0.5, 0.6) is 0 Å². The third-order valence-electron chi connectivity index (χ3n) is 3.20. The molecule has 0 fully saturated rings. The van der Waals surface area contributed by atoms with Crippen LogP contribution in [0.15, 0.2) is 42.9 Å². The van der Waals surface area contributed by atoms with Crippen LogP contribution in [0.25, 0.3) is 0 Å². The van der Waals surface area contributed by atoms with Crippen molar-refractivity contribution >= 4 is 17.7 Å². The molecule has 24 heavy (non-hydrogen) atoms. The van der Waals surface area contributed by atoms with E-state index in [0.29, 0.717) is 5.69 Å². The number of ether oxygens (including phenoxy) is 1. The molecule has 0 radical (unpaired) electrons. The molecule has 1 atom stereocenters. The Morgan fingerprint density at radius 2 is 2.00 bits per heavy atom. The number of ketones is 1. The average Bonchev–Trinajstić information content (AvgIpc) is 3.11. The average molecular weight is 330 g/mol. The Morgan fingerprint density at radius 1 is 1.25 bits per heavy atom. The van der Waals surface area contributed by atoms with Crippen molar-refractivity contribution in [2.75, 3.05) is 6.54 Å². The lowest BCUT2D eigenvalue weighted by Gasteiger charge is -2.10. The van der Waals surface area contributed by atoms with E-state index in [9.17, 15) is 14.4 Å². The standard InChI is InChI=1S/C16H18N4O4/c17-13(6-12-7-18-10-20-12)15(22)19-8-14(21)16(23)24-9-11-4-2-1-3-5-11/h1-5,7,10,13H,6,8-9,17H2,(H,18,20)(H,19,22)/t13-/m0/s1. The number of imidazole rings is 1. The molecule has 0 aliphatic rings. The van der Waals surface area contributed by atoms with Gasteiger partial charge in [0.1, 0.15) is 6.61 Å². The van der Waals surface area contributed by atoms with Gasteiger partial charge in [-0.1, -0.05) is 30.3 Å². The van der Waals surface area contributed by atoms with E-state index < -0.39 is 30.2 Å². The van der Waals surface area contributed by atoms with E-state index in [1.54, 1.807) is 30.5 Å². The topological polar surface area (TPSA) is 127 Å². The lowest BCUT2D eigenvalue weighted by atomic mass is 10.1. The second kappa shape index (κ2) is 8.59. The molecule has 8 nitrogen and oxygen atoms in total. The summed E-state index contributed by atoms with van der Waals surface area (Å²) in [6.45, 7) is -0.457. The van der Waals surface area contributed by atoms with E-state index in [-0.39, 0.29) is 13.0 Å². The first-order valence-electron chi connectivity index (χ1n) is 7.30. The predicted octanol–water partition coefficient (Wildman–Crippen LogP) is -0.292. The smallest absolute Gasteiger partial charge is 0.376 e. The summed E-state index contributed by atoms with van der Waals surface area (Å²) in [5.41, 5.74) is 7.19. The minimum Gasteiger partial charge on any atom is -0.455 e. The number of aromatic amines is 1. The first kappa shape index (κ1) is 17.4. The molecular weight excluding hydrogens is 312 g/mol. The highest BCUT2D eigenvalue weighted by Crippen LogP contribution is 2.01. The van der Waals surface area contributed by atoms with Crippen LogP contribution in [0, 0.1) is 0 Å². The Hall–Kier alpha value is -3.00. The zero-order valence-electron chi connectivity index (χ0n) is 12.9. The predicted molar refractivity (Wildman–Crippen MR) is 84.5 cm³/mol. The molecule has 0 unspecified atom stereocenters. The van der Waals surface area contributed by atoms with Gasteiger partial charge >= 0.3 is 5.97 Å². The van der Waals surface area contributed by atoms with Crippen LogP contribution in [0.3, 0.4) is 0 Å². The normalized spacial score (nSPS) is 11.5. The molecule has 4 N–H and O–H groups in total. The Morgan fingerprint density at radius 3 is 2.67 bits per heavy atom. The van der Waals surface area contributed by atoms with Crippen LogP contribution in [0.2, 0.25) is 0 Å². The molecule has 0 spiro atoms. The summed E-state index contributed by atoms with van der Waals surface area (Å²) < 4.78 is 4.88. The van der Waals surface area contributed by atoms with Crippen molar-refractivity contribution in [3.05, 3.63) is 54.1 Å². The molecule has 1 amide bonds. The summed E-state index contributed by atoms with van der Waals surface area (Å²) in [6.07, 6.45) is 3.28. The van der Waals surface area contributed by atoms with Gasteiger partial charge in [-0.05, 0) is 5.56 Å². The SMILES string of the molecule is N[C@@H](Cc1cnc[nH]1)C(=O)NCC(=O)C(=O)OCc1ccccc1. The molecule has 0 bridgehead atoms. The second-order valence-electron chi connectivity index (χ2n) is 5.09. The van der Waals surface area contributed by atoms with Gasteiger partial charge in [0.2, 0.25) is 5.91 Å². The first-order valence-corrected chi connectivity index (χ1v) is 7.30. The minimum atomic E-state index is -0.999. The van der Waals surface area contributed by atoms with Gasteiger partial charge in [0.05, 0.1) is 18.9 Å². The highest BCUT2D eigenvalue weighted by Gasteiger charge is 2.19. The highest BCUT2D eigenvalue weighted by atomic mass is 16.5. The van der Waals surface area contributed by atoms with Crippen molar-refractivity contribution < 1.29 is 19.1 Å². The van der Waals surface area contributed by atoms with Crippen LogP contribution in [-0.2, 0) is 32.1 Å². The summed E-state index contributed by atoms with van der Waals surface area (Å²) >= 11 is 0. The van der Waals surface area contributed by atoms with Gasteiger partial charge in [0.15, 0.2) is 0 Å². The van der Waals surface area contributed by atoms with Crippen molar-refractivity contribution in [3.8, 4) is 0 Å². The van der Waals surface area contributed by atoms with Crippen molar-refractivity contribution in [1.29, 1.82) is 0 Å². The van der Waals surface area contributed by atoms with Crippen molar-refractivity contribution in [2.24, 2.45) is 5.73 Å². The molecule has 0 aliphatic heterocycles. The van der Waals surface area contributed by atoms with Gasteiger partial charge in [-0.3, -0.25) is 9.59 Å². The Kier molecular flexibility index (Phi) is 6.21. The maximum atomic E-state index is 11.8. The van der Waals surface area contributed by atoms with E-state index >= 15 is 0 Å². The molecule has 1 heterocycles. The number of esters is 1. The molecule has 0 saturated carbocycles. The third-order valence-corrected chi connectivity index (χ3v) is 3.20. The summed E-state index contributed by atoms with van der Waals surface area (Å²) in [5, 5.41) is 2.33. The van der Waals surface area contributed by atoms with Crippen LogP contribution >= 0.6 is 0 Å². The molecular formula is C16H18N4O4. The van der Waals surface area contributed by atoms with E-state index in [2.05, 4.69) is 15.3 Å². The number of nitrogens with zero attached hydrogens (tertiary/aromatic N) is 1. The fourth-order valence-corrected chi connectivity index (χ4v) is 1.90. The Balaban J connectivity index is 1.71.